The molecule has 0 atom stereocenters. The number of anilines is 1. The monoisotopic (exact) mass is 545 g/mol. The molecular weight excluding hydrogens is 517 g/mol. The fourth-order valence-corrected chi connectivity index (χ4v) is 3.54. The minimum absolute atomic E-state index is 0. The Balaban J connectivity index is 0.00000320. The number of piperazine rings is 1. The van der Waals surface area contributed by atoms with E-state index < -0.39 is 0 Å². The average molecular weight is 546 g/mol. The van der Waals surface area contributed by atoms with Crippen molar-refractivity contribution in [2.45, 2.75) is 13.3 Å². The Morgan fingerprint density at radius 3 is 2.53 bits per heavy atom. The number of guanidine groups is 1. The van der Waals surface area contributed by atoms with Gasteiger partial charge in [0.15, 0.2) is 11.7 Å². The minimum Gasteiger partial charge on any atom is -0.459 e. The lowest BCUT2D eigenvalue weighted by Gasteiger charge is -2.37. The highest BCUT2D eigenvalue weighted by molar-refractivity contribution is 14.0. The van der Waals surface area contributed by atoms with Gasteiger partial charge in [-0.15, -0.1) is 24.0 Å². The minimum atomic E-state index is -0.172. The van der Waals surface area contributed by atoms with Crippen molar-refractivity contribution in [1.82, 2.24) is 15.5 Å². The van der Waals surface area contributed by atoms with E-state index in [-0.39, 0.29) is 29.9 Å². The van der Waals surface area contributed by atoms with Crippen LogP contribution in [0, 0.1) is 6.92 Å². The number of aliphatic imine (C=N–C) groups is 1. The van der Waals surface area contributed by atoms with Gasteiger partial charge in [-0.1, -0.05) is 17.7 Å². The van der Waals surface area contributed by atoms with E-state index in [1.54, 1.807) is 13.1 Å². The van der Waals surface area contributed by atoms with E-state index in [1.807, 2.05) is 25.1 Å². The van der Waals surface area contributed by atoms with E-state index in [2.05, 4.69) is 31.5 Å². The first-order valence-electron chi connectivity index (χ1n) is 9.87. The first kappa shape index (κ1) is 24.3. The number of amides is 1. The summed E-state index contributed by atoms with van der Waals surface area (Å²) in [6.45, 7) is 6.78. The van der Waals surface area contributed by atoms with Crippen LogP contribution in [-0.2, 0) is 0 Å². The summed E-state index contributed by atoms with van der Waals surface area (Å²) < 4.78 is 5.20. The molecular formula is C21H29ClIN5O2. The molecule has 9 heteroatoms. The number of carbonyl (C=O) groups excluding carboxylic acids is 1. The van der Waals surface area contributed by atoms with Gasteiger partial charge in [0, 0.05) is 62.6 Å². The van der Waals surface area contributed by atoms with Crippen LogP contribution in [0.5, 0.6) is 0 Å². The van der Waals surface area contributed by atoms with E-state index in [1.165, 1.54) is 6.26 Å². The third-order valence-electron chi connectivity index (χ3n) is 4.95. The molecule has 0 aliphatic carbocycles. The van der Waals surface area contributed by atoms with Gasteiger partial charge in [-0.05, 0) is 37.6 Å². The van der Waals surface area contributed by atoms with E-state index in [9.17, 15) is 4.79 Å². The second-order valence-corrected chi connectivity index (χ2v) is 7.41. The average Bonchev–Trinajstić information content (AvgIpc) is 3.17. The Hall–Kier alpha value is -1.94. The molecule has 1 aliphatic heterocycles. The number of carbonyl (C=O) groups is 1. The molecule has 1 amide bonds. The lowest BCUT2D eigenvalue weighted by molar-refractivity contribution is 0.0925. The van der Waals surface area contributed by atoms with Gasteiger partial charge in [-0.3, -0.25) is 9.79 Å². The number of furan rings is 1. The summed E-state index contributed by atoms with van der Waals surface area (Å²) in [6, 6.07) is 9.75. The number of nitrogens with one attached hydrogen (secondary N) is 2. The Morgan fingerprint density at radius 2 is 1.90 bits per heavy atom. The van der Waals surface area contributed by atoms with Crippen LogP contribution in [0.25, 0.3) is 0 Å². The number of rotatable bonds is 6. The maximum absolute atomic E-state index is 12.0. The molecule has 2 aromatic rings. The quantitative estimate of drug-likeness (QED) is 0.252. The van der Waals surface area contributed by atoms with Crippen LogP contribution in [-0.4, -0.2) is 63.1 Å². The summed E-state index contributed by atoms with van der Waals surface area (Å²) in [5, 5.41) is 7.03. The highest BCUT2D eigenvalue weighted by Gasteiger charge is 2.20. The van der Waals surface area contributed by atoms with E-state index in [0.717, 1.165) is 61.4 Å². The standard InChI is InChI=1S/C21H28ClN5O2.HI/c1-16-7-14-29-19(16)20(28)24-8-4-9-25-21(23-2)27-12-10-26(11-13-27)18-6-3-5-17(22)15-18;/h3,5-7,14-15H,4,8-13H2,1-2H3,(H,23,25)(H,24,28);1H. The molecule has 0 unspecified atom stereocenters. The van der Waals surface area contributed by atoms with Gasteiger partial charge in [0.25, 0.3) is 5.91 Å². The Morgan fingerprint density at radius 1 is 1.17 bits per heavy atom. The number of hydrogen-bond donors (Lipinski definition) is 2. The first-order chi connectivity index (χ1) is 14.1. The number of benzene rings is 1. The van der Waals surface area contributed by atoms with Gasteiger partial charge < -0.3 is 24.9 Å². The zero-order valence-electron chi connectivity index (χ0n) is 17.4. The van der Waals surface area contributed by atoms with Crippen molar-refractivity contribution in [2.75, 3.05) is 51.2 Å². The van der Waals surface area contributed by atoms with Crippen molar-refractivity contribution in [1.29, 1.82) is 0 Å². The maximum atomic E-state index is 12.0. The predicted molar refractivity (Wildman–Crippen MR) is 132 cm³/mol. The lowest BCUT2D eigenvalue weighted by atomic mass is 10.2. The number of hydrogen-bond acceptors (Lipinski definition) is 4. The number of halogens is 2. The Labute approximate surface area is 199 Å². The topological polar surface area (TPSA) is 73.1 Å². The van der Waals surface area contributed by atoms with Crippen LogP contribution >= 0.6 is 35.6 Å². The zero-order valence-corrected chi connectivity index (χ0v) is 20.4. The van der Waals surface area contributed by atoms with E-state index >= 15 is 0 Å². The second-order valence-electron chi connectivity index (χ2n) is 6.97. The molecule has 0 radical (unpaired) electrons. The second kappa shape index (κ2) is 12.0. The molecule has 1 fully saturated rings. The largest absolute Gasteiger partial charge is 0.459 e. The molecule has 1 aromatic heterocycles. The van der Waals surface area contributed by atoms with Crippen LogP contribution in [0.15, 0.2) is 46.0 Å². The molecule has 2 N–H and O–H groups in total. The highest BCUT2D eigenvalue weighted by atomic mass is 127. The van der Waals surface area contributed by atoms with E-state index in [4.69, 9.17) is 16.0 Å². The van der Waals surface area contributed by atoms with Gasteiger partial charge in [0.1, 0.15) is 0 Å². The molecule has 30 heavy (non-hydrogen) atoms. The van der Waals surface area contributed by atoms with Crippen molar-refractivity contribution >= 4 is 53.1 Å². The molecule has 1 aromatic carbocycles. The van der Waals surface area contributed by atoms with Crippen molar-refractivity contribution in [3.05, 3.63) is 52.9 Å². The molecule has 164 valence electrons. The maximum Gasteiger partial charge on any atom is 0.287 e. The highest BCUT2D eigenvalue weighted by Crippen LogP contribution is 2.20. The molecule has 0 saturated carbocycles. The predicted octanol–water partition coefficient (Wildman–Crippen LogP) is 3.38. The van der Waals surface area contributed by atoms with Crippen LogP contribution in [0.3, 0.4) is 0 Å². The SMILES string of the molecule is CN=C(NCCCNC(=O)c1occc1C)N1CCN(c2cccc(Cl)c2)CC1.I. The summed E-state index contributed by atoms with van der Waals surface area (Å²) in [5.74, 6) is 1.10. The summed E-state index contributed by atoms with van der Waals surface area (Å²) in [5.41, 5.74) is 2.00. The molecule has 2 heterocycles. The number of nitrogens with zero attached hydrogens (tertiary/aromatic N) is 3. The Bertz CT molecular complexity index is 849. The van der Waals surface area contributed by atoms with Crippen molar-refractivity contribution in [3.8, 4) is 0 Å². The van der Waals surface area contributed by atoms with Crippen molar-refractivity contribution in [2.24, 2.45) is 4.99 Å². The summed E-state index contributed by atoms with van der Waals surface area (Å²) in [7, 11) is 1.80. The van der Waals surface area contributed by atoms with Crippen molar-refractivity contribution < 1.29 is 9.21 Å². The van der Waals surface area contributed by atoms with Gasteiger partial charge in [-0.2, -0.15) is 0 Å². The molecule has 0 bridgehead atoms. The molecule has 1 aliphatic rings. The lowest BCUT2D eigenvalue weighted by Crippen LogP contribution is -2.52. The zero-order chi connectivity index (χ0) is 20.6. The van der Waals surface area contributed by atoms with Gasteiger partial charge in [-0.25, -0.2) is 0 Å². The van der Waals surface area contributed by atoms with Crippen molar-refractivity contribution in [3.63, 3.8) is 0 Å². The van der Waals surface area contributed by atoms with Crippen LogP contribution < -0.4 is 15.5 Å². The molecule has 7 nitrogen and oxygen atoms in total. The summed E-state index contributed by atoms with van der Waals surface area (Å²) >= 11 is 6.11. The van der Waals surface area contributed by atoms with Crippen LogP contribution in [0.4, 0.5) is 5.69 Å². The smallest absolute Gasteiger partial charge is 0.287 e. The Kier molecular flexibility index (Phi) is 9.77. The van der Waals surface area contributed by atoms with E-state index in [0.29, 0.717) is 12.3 Å². The number of aryl methyl sites for hydroxylation is 1. The fraction of sp³-hybridized carbons (Fsp3) is 0.429. The fourth-order valence-electron chi connectivity index (χ4n) is 3.36. The third kappa shape index (κ3) is 6.53. The van der Waals surface area contributed by atoms with Gasteiger partial charge in [0.05, 0.1) is 6.26 Å². The summed E-state index contributed by atoms with van der Waals surface area (Å²) in [6.07, 6.45) is 2.33. The van der Waals surface area contributed by atoms with Crippen LogP contribution in [0.1, 0.15) is 22.5 Å². The molecule has 1 saturated heterocycles. The van der Waals surface area contributed by atoms with Gasteiger partial charge >= 0.3 is 0 Å². The van der Waals surface area contributed by atoms with Crippen LogP contribution in [0.2, 0.25) is 5.02 Å². The third-order valence-corrected chi connectivity index (χ3v) is 5.19. The first-order valence-corrected chi connectivity index (χ1v) is 10.2. The molecule has 0 spiro atoms. The molecule has 3 rings (SSSR count). The summed E-state index contributed by atoms with van der Waals surface area (Å²) in [4.78, 5) is 21.0. The van der Waals surface area contributed by atoms with Gasteiger partial charge in [0.2, 0.25) is 0 Å². The normalized spacial score (nSPS) is 14.3.